The fourth-order valence-electron chi connectivity index (χ4n) is 1.04. The minimum Gasteiger partial charge on any atom is -0.378 e. The molecule has 1 aromatic rings. The number of hydrogen-bond acceptors (Lipinski definition) is 2. The van der Waals surface area contributed by atoms with E-state index >= 15 is 0 Å². The third-order valence-electron chi connectivity index (χ3n) is 2.84. The summed E-state index contributed by atoms with van der Waals surface area (Å²) in [7, 11) is 0. The summed E-state index contributed by atoms with van der Waals surface area (Å²) in [6.45, 7) is 8.28. The molecule has 14 heavy (non-hydrogen) atoms. The Bertz CT molecular complexity index is 283. The van der Waals surface area contributed by atoms with Gasteiger partial charge in [-0.15, -0.1) is 0 Å². The van der Waals surface area contributed by atoms with Crippen LogP contribution in [0.25, 0.3) is 0 Å². The maximum atomic E-state index is 6.10. The van der Waals surface area contributed by atoms with Crippen LogP contribution in [0.2, 0.25) is 0 Å². The molecule has 0 amide bonds. The molecule has 0 unspecified atom stereocenters. The zero-order chi connectivity index (χ0) is 10.8. The summed E-state index contributed by atoms with van der Waals surface area (Å²) in [5.74, 6) is 0. The number of nitrogens with one attached hydrogen (secondary N) is 1. The van der Waals surface area contributed by atoms with Crippen molar-refractivity contribution < 1.29 is 0 Å². The molecule has 1 rings (SSSR count). The zero-order valence-corrected chi connectivity index (χ0v) is 9.46. The van der Waals surface area contributed by atoms with E-state index in [2.05, 4.69) is 19.2 Å². The number of nitrogens with two attached hydrogens (primary N) is 1. The number of anilines is 1. The van der Waals surface area contributed by atoms with Crippen molar-refractivity contribution in [2.24, 2.45) is 5.73 Å². The van der Waals surface area contributed by atoms with E-state index in [0.717, 1.165) is 5.69 Å². The van der Waals surface area contributed by atoms with Crippen LogP contribution in [0.1, 0.15) is 27.7 Å². The van der Waals surface area contributed by atoms with Gasteiger partial charge in [-0.2, -0.15) is 0 Å². The Hall–Kier alpha value is -1.02. The first kappa shape index (κ1) is 11.1. The summed E-state index contributed by atoms with van der Waals surface area (Å²) in [6, 6.07) is 10.1. The van der Waals surface area contributed by atoms with Gasteiger partial charge in [0, 0.05) is 16.8 Å². The summed E-state index contributed by atoms with van der Waals surface area (Å²) in [5, 5.41) is 3.43. The maximum Gasteiger partial charge on any atom is 0.0491 e. The molecule has 0 fully saturated rings. The molecular formula is C12H20N2. The molecule has 0 radical (unpaired) electrons. The van der Waals surface area contributed by atoms with Crippen molar-refractivity contribution in [3.63, 3.8) is 0 Å². The average Bonchev–Trinajstić information content (AvgIpc) is 2.03. The minimum atomic E-state index is -0.261. The summed E-state index contributed by atoms with van der Waals surface area (Å²) < 4.78 is 0. The van der Waals surface area contributed by atoms with Gasteiger partial charge in [-0.05, 0) is 39.8 Å². The van der Waals surface area contributed by atoms with Gasteiger partial charge in [-0.3, -0.25) is 0 Å². The fraction of sp³-hybridized carbons (Fsp3) is 0.500. The molecule has 0 atom stereocenters. The monoisotopic (exact) mass is 192 g/mol. The summed E-state index contributed by atoms with van der Waals surface area (Å²) in [4.78, 5) is 0. The van der Waals surface area contributed by atoms with Gasteiger partial charge >= 0.3 is 0 Å². The van der Waals surface area contributed by atoms with Gasteiger partial charge in [0.05, 0.1) is 0 Å². The number of hydrogen-bond donors (Lipinski definition) is 2. The minimum absolute atomic E-state index is 0.131. The first-order valence-corrected chi connectivity index (χ1v) is 4.95. The number of benzene rings is 1. The van der Waals surface area contributed by atoms with E-state index < -0.39 is 0 Å². The SMILES string of the molecule is CC(C)(N)C(C)(C)Nc1ccccc1. The van der Waals surface area contributed by atoms with Gasteiger partial charge in [0.25, 0.3) is 0 Å². The molecule has 0 aliphatic rings. The normalized spacial score (nSPS) is 12.6. The standard InChI is InChI=1S/C12H20N2/c1-11(2,13)12(3,4)14-10-8-6-5-7-9-10/h5-9,14H,13H2,1-4H3. The Kier molecular flexibility index (Phi) is 2.86. The van der Waals surface area contributed by atoms with Crippen molar-refractivity contribution in [2.45, 2.75) is 38.8 Å². The smallest absolute Gasteiger partial charge is 0.0491 e. The predicted octanol–water partition coefficient (Wildman–Crippen LogP) is 2.61. The van der Waals surface area contributed by atoms with Gasteiger partial charge < -0.3 is 11.1 Å². The zero-order valence-electron chi connectivity index (χ0n) is 9.46. The molecule has 0 heterocycles. The van der Waals surface area contributed by atoms with Gasteiger partial charge in [0.1, 0.15) is 0 Å². The molecule has 0 aromatic heterocycles. The van der Waals surface area contributed by atoms with E-state index in [9.17, 15) is 0 Å². The molecule has 3 N–H and O–H groups in total. The quantitative estimate of drug-likeness (QED) is 0.772. The van der Waals surface area contributed by atoms with Crippen LogP contribution in [0.5, 0.6) is 0 Å². The second-order valence-corrected chi connectivity index (χ2v) is 4.84. The Morgan fingerprint density at radius 1 is 1.00 bits per heavy atom. The highest BCUT2D eigenvalue weighted by atomic mass is 15.0. The predicted molar refractivity (Wildman–Crippen MR) is 62.4 cm³/mol. The van der Waals surface area contributed by atoms with Crippen LogP contribution in [0.4, 0.5) is 5.69 Å². The van der Waals surface area contributed by atoms with E-state index in [0.29, 0.717) is 0 Å². The molecule has 0 bridgehead atoms. The van der Waals surface area contributed by atoms with Crippen molar-refractivity contribution >= 4 is 5.69 Å². The number of rotatable bonds is 3. The van der Waals surface area contributed by atoms with Crippen LogP contribution in [-0.2, 0) is 0 Å². The molecule has 78 valence electrons. The summed E-state index contributed by atoms with van der Waals surface area (Å²) >= 11 is 0. The van der Waals surface area contributed by atoms with Crippen molar-refractivity contribution in [2.75, 3.05) is 5.32 Å². The lowest BCUT2D eigenvalue weighted by atomic mass is 9.83. The Balaban J connectivity index is 2.79. The van der Waals surface area contributed by atoms with E-state index in [1.165, 1.54) is 0 Å². The first-order chi connectivity index (χ1) is 6.33. The molecule has 0 spiro atoms. The third kappa shape index (κ3) is 2.48. The third-order valence-corrected chi connectivity index (χ3v) is 2.84. The highest BCUT2D eigenvalue weighted by Gasteiger charge is 2.32. The van der Waals surface area contributed by atoms with Crippen molar-refractivity contribution in [3.8, 4) is 0 Å². The van der Waals surface area contributed by atoms with Crippen molar-refractivity contribution in [1.82, 2.24) is 0 Å². The average molecular weight is 192 g/mol. The first-order valence-electron chi connectivity index (χ1n) is 4.95. The number of para-hydroxylation sites is 1. The van der Waals surface area contributed by atoms with Gasteiger partial charge in [0.15, 0.2) is 0 Å². The van der Waals surface area contributed by atoms with E-state index in [1.807, 2.05) is 44.2 Å². The lowest BCUT2D eigenvalue weighted by Crippen LogP contribution is -2.57. The molecule has 2 heteroatoms. The van der Waals surface area contributed by atoms with Crippen molar-refractivity contribution in [1.29, 1.82) is 0 Å². The van der Waals surface area contributed by atoms with E-state index in [4.69, 9.17) is 5.73 Å². The highest BCUT2D eigenvalue weighted by molar-refractivity contribution is 5.45. The Morgan fingerprint density at radius 2 is 1.50 bits per heavy atom. The molecule has 1 aromatic carbocycles. The van der Waals surface area contributed by atoms with Gasteiger partial charge in [0.2, 0.25) is 0 Å². The summed E-state index contributed by atoms with van der Waals surface area (Å²) in [5.41, 5.74) is 6.81. The molecule has 0 saturated heterocycles. The van der Waals surface area contributed by atoms with Gasteiger partial charge in [-0.1, -0.05) is 18.2 Å². The second kappa shape index (κ2) is 3.62. The molecule has 2 nitrogen and oxygen atoms in total. The topological polar surface area (TPSA) is 38.0 Å². The van der Waals surface area contributed by atoms with Crippen LogP contribution >= 0.6 is 0 Å². The lowest BCUT2D eigenvalue weighted by Gasteiger charge is -2.40. The highest BCUT2D eigenvalue weighted by Crippen LogP contribution is 2.23. The second-order valence-electron chi connectivity index (χ2n) is 4.84. The lowest BCUT2D eigenvalue weighted by molar-refractivity contribution is 0.337. The van der Waals surface area contributed by atoms with Crippen LogP contribution in [-0.4, -0.2) is 11.1 Å². The van der Waals surface area contributed by atoms with Gasteiger partial charge in [-0.25, -0.2) is 0 Å². The maximum absolute atomic E-state index is 6.10. The molecule has 0 saturated carbocycles. The van der Waals surface area contributed by atoms with E-state index in [1.54, 1.807) is 0 Å². The van der Waals surface area contributed by atoms with Crippen LogP contribution in [0, 0.1) is 0 Å². The largest absolute Gasteiger partial charge is 0.378 e. The van der Waals surface area contributed by atoms with Crippen molar-refractivity contribution in [3.05, 3.63) is 30.3 Å². The van der Waals surface area contributed by atoms with E-state index in [-0.39, 0.29) is 11.1 Å². The molecular weight excluding hydrogens is 172 g/mol. The Morgan fingerprint density at radius 3 is 1.93 bits per heavy atom. The van der Waals surface area contributed by atoms with Crippen LogP contribution < -0.4 is 11.1 Å². The molecule has 0 aliphatic carbocycles. The molecule has 0 aliphatic heterocycles. The fourth-order valence-corrected chi connectivity index (χ4v) is 1.04. The van der Waals surface area contributed by atoms with Crippen LogP contribution in [0.3, 0.4) is 0 Å². The Labute approximate surface area is 86.5 Å². The summed E-state index contributed by atoms with van der Waals surface area (Å²) in [6.07, 6.45) is 0. The van der Waals surface area contributed by atoms with Crippen LogP contribution in [0.15, 0.2) is 30.3 Å².